The molecule has 0 bridgehead atoms. The minimum absolute atomic E-state index is 0.0315. The number of nitrogens with zero attached hydrogens (tertiary/aromatic N) is 2. The molecule has 0 aromatic heterocycles. The van der Waals surface area contributed by atoms with Crippen molar-refractivity contribution >= 4 is 27.5 Å². The lowest BCUT2D eigenvalue weighted by Gasteiger charge is -2.35. The molecule has 31 heavy (non-hydrogen) atoms. The predicted octanol–water partition coefficient (Wildman–Crippen LogP) is 3.65. The Morgan fingerprint density at radius 2 is 1.81 bits per heavy atom. The molecule has 3 rings (SSSR count). The molecule has 0 aliphatic carbocycles. The Labute approximate surface area is 192 Å². The molecule has 1 N–H and O–H groups in total. The second-order valence-corrected chi connectivity index (χ2v) is 11.2. The average molecular weight is 470 g/mol. The summed E-state index contributed by atoms with van der Waals surface area (Å²) in [7, 11) is -3.39. The number of carbonyl (C=O) groups is 1. The van der Waals surface area contributed by atoms with E-state index in [4.69, 9.17) is 11.6 Å². The molecule has 1 amide bonds. The summed E-state index contributed by atoms with van der Waals surface area (Å²) in [4.78, 5) is 15.1. The molecule has 6 nitrogen and oxygen atoms in total. The number of nitrogens with one attached hydrogen (secondary N) is 1. The van der Waals surface area contributed by atoms with Gasteiger partial charge in [-0.05, 0) is 62.8 Å². The highest BCUT2D eigenvalue weighted by atomic mass is 35.5. The zero-order valence-electron chi connectivity index (χ0n) is 18.6. The Morgan fingerprint density at radius 3 is 2.48 bits per heavy atom. The zero-order chi connectivity index (χ0) is 22.3. The van der Waals surface area contributed by atoms with Gasteiger partial charge in [0.15, 0.2) is 0 Å². The van der Waals surface area contributed by atoms with Crippen LogP contribution < -0.4 is 5.32 Å². The predicted molar refractivity (Wildman–Crippen MR) is 126 cm³/mol. The molecule has 1 aromatic carbocycles. The lowest BCUT2D eigenvalue weighted by atomic mass is 9.97. The van der Waals surface area contributed by atoms with Crippen LogP contribution in [0, 0.1) is 5.92 Å². The van der Waals surface area contributed by atoms with Gasteiger partial charge in [-0.25, -0.2) is 12.7 Å². The second-order valence-electron chi connectivity index (χ2n) is 8.79. The smallest absolute Gasteiger partial charge is 0.223 e. The third-order valence-electron chi connectivity index (χ3n) is 6.62. The van der Waals surface area contributed by atoms with Crippen molar-refractivity contribution in [2.75, 3.05) is 32.7 Å². The Kier molecular flexibility index (Phi) is 9.19. The van der Waals surface area contributed by atoms with Crippen molar-refractivity contribution in [2.24, 2.45) is 5.92 Å². The van der Waals surface area contributed by atoms with Gasteiger partial charge in [0, 0.05) is 43.2 Å². The van der Waals surface area contributed by atoms with Crippen LogP contribution in [0.5, 0.6) is 0 Å². The normalized spacial score (nSPS) is 21.8. The number of hydrogen-bond donors (Lipinski definition) is 1. The fourth-order valence-electron chi connectivity index (χ4n) is 4.73. The van der Waals surface area contributed by atoms with Gasteiger partial charge in [-0.3, -0.25) is 4.79 Å². The van der Waals surface area contributed by atoms with E-state index in [2.05, 4.69) is 17.1 Å². The first-order chi connectivity index (χ1) is 14.9. The van der Waals surface area contributed by atoms with Crippen LogP contribution in [0.2, 0.25) is 5.02 Å². The van der Waals surface area contributed by atoms with Crippen LogP contribution in [0.4, 0.5) is 0 Å². The maximum atomic E-state index is 12.7. The molecule has 0 unspecified atom stereocenters. The summed E-state index contributed by atoms with van der Waals surface area (Å²) in [6.07, 6.45) is 7.23. The van der Waals surface area contributed by atoms with Gasteiger partial charge < -0.3 is 10.2 Å². The minimum Gasteiger partial charge on any atom is -0.356 e. The van der Waals surface area contributed by atoms with E-state index < -0.39 is 10.0 Å². The molecule has 1 aromatic rings. The van der Waals surface area contributed by atoms with Crippen LogP contribution in [-0.4, -0.2) is 62.3 Å². The van der Waals surface area contributed by atoms with Crippen molar-refractivity contribution in [3.63, 3.8) is 0 Å². The third-order valence-corrected chi connectivity index (χ3v) is 8.72. The van der Waals surface area contributed by atoms with Gasteiger partial charge in [-0.1, -0.05) is 37.1 Å². The summed E-state index contributed by atoms with van der Waals surface area (Å²) in [5.41, 5.74) is 0.725. The van der Waals surface area contributed by atoms with Crippen molar-refractivity contribution in [3.05, 3.63) is 34.9 Å². The van der Waals surface area contributed by atoms with E-state index in [0.29, 0.717) is 43.5 Å². The maximum absolute atomic E-state index is 12.7. The lowest BCUT2D eigenvalue weighted by molar-refractivity contribution is -0.126. The number of piperidine rings is 2. The fourth-order valence-corrected chi connectivity index (χ4v) is 6.42. The molecule has 174 valence electrons. The summed E-state index contributed by atoms with van der Waals surface area (Å²) in [5.74, 6) is -0.0585. The van der Waals surface area contributed by atoms with Gasteiger partial charge in [-0.2, -0.15) is 0 Å². The maximum Gasteiger partial charge on any atom is 0.223 e. The molecule has 8 heteroatoms. The Morgan fingerprint density at radius 1 is 1.10 bits per heavy atom. The number of rotatable bonds is 9. The highest BCUT2D eigenvalue weighted by Crippen LogP contribution is 2.23. The SMILES string of the molecule is CC[C@H]1CCCCN1CCCNC(=O)C1CCN(S(=O)(=O)Cc2ccc(Cl)cc2)CC1. The van der Waals surface area contributed by atoms with Crippen LogP contribution in [0.25, 0.3) is 0 Å². The van der Waals surface area contributed by atoms with Crippen LogP contribution in [-0.2, 0) is 20.6 Å². The highest BCUT2D eigenvalue weighted by molar-refractivity contribution is 7.88. The number of amides is 1. The Hall–Kier alpha value is -1.15. The largest absolute Gasteiger partial charge is 0.356 e. The standard InChI is InChI=1S/C23H36ClN3O3S/c1-2-22-6-3-4-14-26(22)15-5-13-25-23(28)20-11-16-27(17-12-20)31(29,30)18-19-7-9-21(24)10-8-19/h7-10,20,22H,2-6,11-18H2,1H3,(H,25,28)/t22-/m0/s1. The number of carbonyl (C=O) groups excluding carboxylic acids is 1. The van der Waals surface area contributed by atoms with Crippen LogP contribution in [0.15, 0.2) is 24.3 Å². The monoisotopic (exact) mass is 469 g/mol. The average Bonchev–Trinajstić information content (AvgIpc) is 2.78. The number of hydrogen-bond acceptors (Lipinski definition) is 4. The molecule has 1 atom stereocenters. The van der Waals surface area contributed by atoms with Gasteiger partial charge >= 0.3 is 0 Å². The van der Waals surface area contributed by atoms with E-state index in [-0.39, 0.29) is 17.6 Å². The molecule has 2 fully saturated rings. The van der Waals surface area contributed by atoms with Crippen LogP contribution in [0.1, 0.15) is 57.4 Å². The number of benzene rings is 1. The fraction of sp³-hybridized carbons (Fsp3) is 0.696. The molecule has 2 aliphatic heterocycles. The summed E-state index contributed by atoms with van der Waals surface area (Å²) in [5, 5.41) is 3.67. The van der Waals surface area contributed by atoms with Gasteiger partial charge in [-0.15, -0.1) is 0 Å². The van der Waals surface area contributed by atoms with E-state index in [1.807, 2.05) is 0 Å². The lowest BCUT2D eigenvalue weighted by Crippen LogP contribution is -2.44. The molecule has 2 saturated heterocycles. The van der Waals surface area contributed by atoms with Gasteiger partial charge in [0.25, 0.3) is 0 Å². The molecule has 2 heterocycles. The second kappa shape index (κ2) is 11.6. The van der Waals surface area contributed by atoms with E-state index in [0.717, 1.165) is 18.5 Å². The van der Waals surface area contributed by atoms with E-state index in [1.54, 1.807) is 24.3 Å². The summed E-state index contributed by atoms with van der Waals surface area (Å²) < 4.78 is 27.0. The van der Waals surface area contributed by atoms with Crippen molar-refractivity contribution in [2.45, 2.75) is 63.7 Å². The zero-order valence-corrected chi connectivity index (χ0v) is 20.1. The van der Waals surface area contributed by atoms with Crippen molar-refractivity contribution < 1.29 is 13.2 Å². The van der Waals surface area contributed by atoms with Gasteiger partial charge in [0.1, 0.15) is 0 Å². The molecule has 2 aliphatic rings. The number of likely N-dealkylation sites (tertiary alicyclic amines) is 1. The highest BCUT2D eigenvalue weighted by Gasteiger charge is 2.31. The summed E-state index contributed by atoms with van der Waals surface area (Å²) in [6, 6.07) is 7.59. The van der Waals surface area contributed by atoms with E-state index in [9.17, 15) is 13.2 Å². The topological polar surface area (TPSA) is 69.7 Å². The Bertz CT molecular complexity index is 808. The van der Waals surface area contributed by atoms with E-state index in [1.165, 1.54) is 36.5 Å². The molecular weight excluding hydrogens is 434 g/mol. The number of sulfonamides is 1. The summed E-state index contributed by atoms with van der Waals surface area (Å²) >= 11 is 5.88. The first-order valence-corrected chi connectivity index (χ1v) is 13.6. The molecule has 0 radical (unpaired) electrons. The van der Waals surface area contributed by atoms with Crippen molar-refractivity contribution in [3.8, 4) is 0 Å². The minimum atomic E-state index is -3.39. The first-order valence-electron chi connectivity index (χ1n) is 11.6. The summed E-state index contributed by atoms with van der Waals surface area (Å²) in [6.45, 7) is 5.98. The molecule has 0 saturated carbocycles. The van der Waals surface area contributed by atoms with Gasteiger partial charge in [0.05, 0.1) is 5.75 Å². The van der Waals surface area contributed by atoms with Crippen molar-refractivity contribution in [1.82, 2.24) is 14.5 Å². The van der Waals surface area contributed by atoms with Crippen LogP contribution >= 0.6 is 11.6 Å². The first kappa shape index (κ1) is 24.5. The van der Waals surface area contributed by atoms with Gasteiger partial charge in [0.2, 0.25) is 15.9 Å². The van der Waals surface area contributed by atoms with Crippen molar-refractivity contribution in [1.29, 1.82) is 0 Å². The quantitative estimate of drug-likeness (QED) is 0.560. The number of halogens is 1. The van der Waals surface area contributed by atoms with Crippen LogP contribution in [0.3, 0.4) is 0 Å². The Balaban J connectivity index is 1.37. The molecular formula is C23H36ClN3O3S. The molecule has 0 spiro atoms. The van der Waals surface area contributed by atoms with E-state index >= 15 is 0 Å². The third kappa shape index (κ3) is 7.17.